The number of phenolic OH excluding ortho intramolecular Hbond substituents is 1. The molecule has 1 aromatic heterocycles. The molecule has 2 N–H and O–H groups in total. The molecule has 0 bridgehead atoms. The van der Waals surface area contributed by atoms with Crippen LogP contribution in [0, 0.1) is 0 Å². The third-order valence-corrected chi connectivity index (χ3v) is 4.66. The molecule has 3 rings (SSSR count). The number of aromatic nitrogens is 3. The van der Waals surface area contributed by atoms with Crippen LogP contribution in [-0.4, -0.2) is 30.6 Å². The van der Waals surface area contributed by atoms with Gasteiger partial charge in [-0.15, -0.1) is 10.2 Å². The standard InChI is InChI=1S/C15H17Cl2N3O2/c1-15(2,22)6-12-19-18-11-5-8(7-20(11)12)13-10(21)4-3-9(16)14(13)17/h3-4,8,21-22H,5-7H2,1-2H3. The number of hydrogen-bond acceptors (Lipinski definition) is 4. The molecule has 118 valence electrons. The molecule has 1 aliphatic rings. The molecule has 0 radical (unpaired) electrons. The minimum absolute atomic E-state index is 0.00254. The molecule has 1 unspecified atom stereocenters. The van der Waals surface area contributed by atoms with Crippen molar-refractivity contribution in [2.24, 2.45) is 0 Å². The van der Waals surface area contributed by atoms with E-state index < -0.39 is 5.60 Å². The topological polar surface area (TPSA) is 71.2 Å². The Bertz CT molecular complexity index is 722. The first-order valence-corrected chi connectivity index (χ1v) is 7.82. The molecule has 1 atom stereocenters. The lowest BCUT2D eigenvalue weighted by molar-refractivity contribution is 0.0777. The predicted molar refractivity (Wildman–Crippen MR) is 84.6 cm³/mol. The first-order chi connectivity index (χ1) is 10.3. The van der Waals surface area contributed by atoms with Crippen molar-refractivity contribution in [2.75, 3.05) is 0 Å². The largest absolute Gasteiger partial charge is 0.508 e. The molecule has 0 saturated heterocycles. The maximum Gasteiger partial charge on any atom is 0.135 e. The Morgan fingerprint density at radius 2 is 2.05 bits per heavy atom. The first-order valence-electron chi connectivity index (χ1n) is 7.06. The van der Waals surface area contributed by atoms with Crippen LogP contribution in [0.25, 0.3) is 0 Å². The highest BCUT2D eigenvalue weighted by atomic mass is 35.5. The number of aromatic hydroxyl groups is 1. The molecule has 22 heavy (non-hydrogen) atoms. The number of benzene rings is 1. The molecule has 5 nitrogen and oxygen atoms in total. The molecule has 1 aromatic carbocycles. The molecule has 7 heteroatoms. The molecule has 0 saturated carbocycles. The fourth-order valence-corrected chi connectivity index (χ4v) is 3.37. The summed E-state index contributed by atoms with van der Waals surface area (Å²) in [4.78, 5) is 0. The highest BCUT2D eigenvalue weighted by molar-refractivity contribution is 6.42. The van der Waals surface area contributed by atoms with Crippen LogP contribution < -0.4 is 0 Å². The molecule has 2 heterocycles. The van der Waals surface area contributed by atoms with Gasteiger partial charge in [-0.1, -0.05) is 23.2 Å². The van der Waals surface area contributed by atoms with Crippen LogP contribution >= 0.6 is 23.2 Å². The minimum atomic E-state index is -0.849. The summed E-state index contributed by atoms with van der Waals surface area (Å²) in [6.07, 6.45) is 1.05. The van der Waals surface area contributed by atoms with Crippen molar-refractivity contribution in [1.82, 2.24) is 14.8 Å². The van der Waals surface area contributed by atoms with Crippen LogP contribution in [0.15, 0.2) is 12.1 Å². The Morgan fingerprint density at radius 3 is 2.73 bits per heavy atom. The maximum absolute atomic E-state index is 10.1. The third-order valence-electron chi connectivity index (χ3n) is 3.84. The number of phenols is 1. The number of halogens is 2. The van der Waals surface area contributed by atoms with Gasteiger partial charge in [-0.25, -0.2) is 0 Å². The number of hydrogen-bond donors (Lipinski definition) is 2. The van der Waals surface area contributed by atoms with Gasteiger partial charge in [0, 0.05) is 30.9 Å². The van der Waals surface area contributed by atoms with Gasteiger partial charge in [-0.2, -0.15) is 0 Å². The monoisotopic (exact) mass is 341 g/mol. The van der Waals surface area contributed by atoms with Crippen molar-refractivity contribution in [2.45, 2.75) is 44.8 Å². The van der Waals surface area contributed by atoms with E-state index in [4.69, 9.17) is 23.2 Å². The van der Waals surface area contributed by atoms with Crippen molar-refractivity contribution in [3.05, 3.63) is 39.4 Å². The Labute approximate surface area is 138 Å². The summed E-state index contributed by atoms with van der Waals surface area (Å²) in [5.41, 5.74) is -0.202. The van der Waals surface area contributed by atoms with Gasteiger partial charge in [0.15, 0.2) is 0 Å². The van der Waals surface area contributed by atoms with Gasteiger partial charge in [0.25, 0.3) is 0 Å². The SMILES string of the molecule is CC(C)(O)Cc1nnc2n1CC(c1c(O)ccc(Cl)c1Cl)C2. The van der Waals surface area contributed by atoms with Gasteiger partial charge in [-0.3, -0.25) is 0 Å². The van der Waals surface area contributed by atoms with E-state index in [-0.39, 0.29) is 11.7 Å². The third kappa shape index (κ3) is 2.81. The Kier molecular flexibility index (Phi) is 3.83. The number of aliphatic hydroxyl groups is 1. The van der Waals surface area contributed by atoms with Crippen molar-refractivity contribution in [3.8, 4) is 5.75 Å². The second kappa shape index (κ2) is 5.41. The smallest absolute Gasteiger partial charge is 0.135 e. The van der Waals surface area contributed by atoms with Gasteiger partial charge in [0.05, 0.1) is 15.6 Å². The number of nitrogens with zero attached hydrogens (tertiary/aromatic N) is 3. The van der Waals surface area contributed by atoms with Crippen LogP contribution in [-0.2, 0) is 19.4 Å². The van der Waals surface area contributed by atoms with E-state index in [0.29, 0.717) is 35.0 Å². The van der Waals surface area contributed by atoms with Crippen molar-refractivity contribution >= 4 is 23.2 Å². The van der Waals surface area contributed by atoms with E-state index in [1.165, 1.54) is 0 Å². The zero-order valence-corrected chi connectivity index (χ0v) is 13.9. The average Bonchev–Trinajstić information content (AvgIpc) is 2.95. The molecule has 0 amide bonds. The second-order valence-corrected chi connectivity index (χ2v) is 7.11. The fraction of sp³-hybridized carbons (Fsp3) is 0.467. The molecule has 2 aromatic rings. The first kappa shape index (κ1) is 15.6. The van der Waals surface area contributed by atoms with Crippen LogP contribution in [0.5, 0.6) is 5.75 Å². The molecule has 0 spiro atoms. The van der Waals surface area contributed by atoms with Crippen LogP contribution in [0.4, 0.5) is 0 Å². The van der Waals surface area contributed by atoms with E-state index in [1.807, 2.05) is 4.57 Å². The zero-order chi connectivity index (χ0) is 16.1. The van der Waals surface area contributed by atoms with E-state index in [2.05, 4.69) is 10.2 Å². The average molecular weight is 342 g/mol. The Hall–Kier alpha value is -1.30. The molecular weight excluding hydrogens is 325 g/mol. The van der Waals surface area contributed by atoms with E-state index in [1.54, 1.807) is 26.0 Å². The zero-order valence-electron chi connectivity index (χ0n) is 12.3. The van der Waals surface area contributed by atoms with Gasteiger partial charge in [-0.05, 0) is 26.0 Å². The van der Waals surface area contributed by atoms with E-state index in [9.17, 15) is 10.2 Å². The summed E-state index contributed by atoms with van der Waals surface area (Å²) in [5.74, 6) is 1.71. The van der Waals surface area contributed by atoms with E-state index >= 15 is 0 Å². The van der Waals surface area contributed by atoms with Crippen LogP contribution in [0.1, 0.15) is 37.0 Å². The lowest BCUT2D eigenvalue weighted by Gasteiger charge is -2.17. The minimum Gasteiger partial charge on any atom is -0.508 e. The fourth-order valence-electron chi connectivity index (χ4n) is 2.90. The van der Waals surface area contributed by atoms with E-state index in [0.717, 1.165) is 11.6 Å². The van der Waals surface area contributed by atoms with Crippen molar-refractivity contribution in [3.63, 3.8) is 0 Å². The summed E-state index contributed by atoms with van der Waals surface area (Å²) in [5, 5.41) is 29.2. The number of fused-ring (bicyclic) bond motifs is 1. The van der Waals surface area contributed by atoms with Crippen LogP contribution in [0.3, 0.4) is 0 Å². The lowest BCUT2D eigenvalue weighted by Crippen LogP contribution is -2.24. The van der Waals surface area contributed by atoms with Crippen molar-refractivity contribution in [1.29, 1.82) is 0 Å². The van der Waals surface area contributed by atoms with Gasteiger partial charge in [0.1, 0.15) is 17.4 Å². The normalized spacial score (nSPS) is 17.8. The van der Waals surface area contributed by atoms with Crippen molar-refractivity contribution < 1.29 is 10.2 Å². The maximum atomic E-state index is 10.1. The molecular formula is C15H17Cl2N3O2. The highest BCUT2D eigenvalue weighted by Crippen LogP contribution is 2.41. The van der Waals surface area contributed by atoms with Gasteiger partial charge < -0.3 is 14.8 Å². The Balaban J connectivity index is 1.91. The summed E-state index contributed by atoms with van der Waals surface area (Å²) >= 11 is 12.3. The quantitative estimate of drug-likeness (QED) is 0.900. The predicted octanol–water partition coefficient (Wildman–Crippen LogP) is 2.94. The molecule has 0 fully saturated rings. The number of rotatable bonds is 3. The lowest BCUT2D eigenvalue weighted by atomic mass is 9.96. The second-order valence-electron chi connectivity index (χ2n) is 6.33. The van der Waals surface area contributed by atoms with Gasteiger partial charge in [0.2, 0.25) is 0 Å². The summed E-state index contributed by atoms with van der Waals surface area (Å²) in [6.45, 7) is 4.09. The van der Waals surface area contributed by atoms with Crippen LogP contribution in [0.2, 0.25) is 10.0 Å². The summed E-state index contributed by atoms with van der Waals surface area (Å²) < 4.78 is 1.99. The highest BCUT2D eigenvalue weighted by Gasteiger charge is 2.32. The summed E-state index contributed by atoms with van der Waals surface area (Å²) in [6, 6.07) is 3.14. The molecule has 1 aliphatic heterocycles. The van der Waals surface area contributed by atoms with Gasteiger partial charge >= 0.3 is 0 Å². The Morgan fingerprint density at radius 1 is 1.32 bits per heavy atom. The molecule has 0 aliphatic carbocycles. The summed E-state index contributed by atoms with van der Waals surface area (Å²) in [7, 11) is 0.